The number of carbonyl (C=O) groups excluding carboxylic acids is 1. The summed E-state index contributed by atoms with van der Waals surface area (Å²) in [6, 6.07) is 4.43. The van der Waals surface area contributed by atoms with Crippen LogP contribution in [0.2, 0.25) is 0 Å². The average Bonchev–Trinajstić information content (AvgIpc) is 2.53. The molecule has 1 fully saturated rings. The van der Waals surface area contributed by atoms with E-state index in [1.165, 1.54) is 6.07 Å². The van der Waals surface area contributed by atoms with Crippen molar-refractivity contribution in [2.24, 2.45) is 0 Å². The number of ether oxygens (including phenoxy) is 1. The molecule has 1 aliphatic heterocycles. The number of carboxylic acids is 1. The Morgan fingerprint density at radius 3 is 2.91 bits per heavy atom. The fraction of sp³-hybridized carbons (Fsp3) is 0.529. The zero-order chi connectivity index (χ0) is 16.8. The van der Waals surface area contributed by atoms with Crippen molar-refractivity contribution in [3.8, 4) is 5.75 Å². The van der Waals surface area contributed by atoms with Crippen molar-refractivity contribution in [2.45, 2.75) is 45.1 Å². The molecule has 1 amide bonds. The van der Waals surface area contributed by atoms with Crippen LogP contribution in [0.15, 0.2) is 18.2 Å². The first-order chi connectivity index (χ1) is 11.0. The van der Waals surface area contributed by atoms with Gasteiger partial charge in [-0.15, -0.1) is 0 Å². The second-order valence-electron chi connectivity index (χ2n) is 5.89. The van der Waals surface area contributed by atoms with E-state index in [2.05, 4.69) is 0 Å². The molecule has 0 aromatic heterocycles. The number of carboxylic acid groups (broad SMARTS) is 1. The molecule has 6 heteroatoms. The van der Waals surface area contributed by atoms with E-state index < -0.39 is 11.8 Å². The molecular weight excluding hydrogens is 301 g/mol. The standard InChI is InChI=1S/C17H22FNO4/c1-12-5-7-14(18)15(10-12)23-11-16(20)19-9-3-2-4-13(19)6-8-17(21)22/h5,7,10,13H,2-4,6,8-9,11H2,1H3,(H,21,22). The molecule has 1 aromatic rings. The van der Waals surface area contributed by atoms with E-state index in [4.69, 9.17) is 9.84 Å². The number of aryl methyl sites for hydroxylation is 1. The molecule has 2 rings (SSSR count). The quantitative estimate of drug-likeness (QED) is 0.874. The van der Waals surface area contributed by atoms with Gasteiger partial charge in [0.2, 0.25) is 0 Å². The maximum atomic E-state index is 13.6. The lowest BCUT2D eigenvalue weighted by atomic mass is 9.98. The van der Waals surface area contributed by atoms with Crippen molar-refractivity contribution in [3.63, 3.8) is 0 Å². The molecule has 1 atom stereocenters. The minimum absolute atomic E-state index is 0.0435. The minimum Gasteiger partial charge on any atom is -0.481 e. The highest BCUT2D eigenvalue weighted by molar-refractivity contribution is 5.78. The predicted molar refractivity (Wildman–Crippen MR) is 82.9 cm³/mol. The predicted octanol–water partition coefficient (Wildman–Crippen LogP) is 2.76. The van der Waals surface area contributed by atoms with Gasteiger partial charge in [-0.05, 0) is 50.3 Å². The molecule has 1 saturated heterocycles. The number of piperidine rings is 1. The van der Waals surface area contributed by atoms with E-state index in [-0.39, 0.29) is 30.7 Å². The topological polar surface area (TPSA) is 66.8 Å². The summed E-state index contributed by atoms with van der Waals surface area (Å²) in [7, 11) is 0. The van der Waals surface area contributed by atoms with Crippen molar-refractivity contribution in [1.29, 1.82) is 0 Å². The van der Waals surface area contributed by atoms with Crippen LogP contribution in [0.3, 0.4) is 0 Å². The molecule has 0 aliphatic carbocycles. The zero-order valence-electron chi connectivity index (χ0n) is 13.3. The summed E-state index contributed by atoms with van der Waals surface area (Å²) in [6.07, 6.45) is 3.18. The summed E-state index contributed by atoms with van der Waals surface area (Å²) in [4.78, 5) is 24.8. The molecule has 126 valence electrons. The second-order valence-corrected chi connectivity index (χ2v) is 5.89. The lowest BCUT2D eigenvalue weighted by Crippen LogP contribution is -2.46. The van der Waals surface area contributed by atoms with Crippen LogP contribution >= 0.6 is 0 Å². The van der Waals surface area contributed by atoms with Crippen LogP contribution < -0.4 is 4.74 Å². The Morgan fingerprint density at radius 1 is 1.39 bits per heavy atom. The molecule has 0 spiro atoms. The van der Waals surface area contributed by atoms with Gasteiger partial charge in [-0.3, -0.25) is 9.59 Å². The van der Waals surface area contributed by atoms with Gasteiger partial charge in [0.25, 0.3) is 5.91 Å². The van der Waals surface area contributed by atoms with Crippen molar-refractivity contribution < 1.29 is 23.8 Å². The molecule has 1 unspecified atom stereocenters. The van der Waals surface area contributed by atoms with E-state index in [0.717, 1.165) is 24.8 Å². The first-order valence-electron chi connectivity index (χ1n) is 7.87. The number of hydrogen-bond donors (Lipinski definition) is 1. The second kappa shape index (κ2) is 7.94. The average molecular weight is 323 g/mol. The Labute approximate surface area is 135 Å². The number of rotatable bonds is 6. The highest BCUT2D eigenvalue weighted by atomic mass is 19.1. The van der Waals surface area contributed by atoms with E-state index in [1.807, 2.05) is 6.92 Å². The Kier molecular flexibility index (Phi) is 5.96. The Hall–Kier alpha value is -2.11. The van der Waals surface area contributed by atoms with Crippen molar-refractivity contribution >= 4 is 11.9 Å². The molecule has 0 radical (unpaired) electrons. The summed E-state index contributed by atoms with van der Waals surface area (Å²) in [5.41, 5.74) is 0.853. The number of likely N-dealkylation sites (tertiary alicyclic amines) is 1. The number of nitrogens with zero attached hydrogens (tertiary/aromatic N) is 1. The third-order valence-electron chi connectivity index (χ3n) is 4.08. The first kappa shape index (κ1) is 17.2. The Bertz CT molecular complexity index is 576. The molecule has 5 nitrogen and oxygen atoms in total. The summed E-state index contributed by atoms with van der Waals surface area (Å²) in [5.74, 6) is -1.51. The van der Waals surface area contributed by atoms with Crippen LogP contribution in [0.4, 0.5) is 4.39 Å². The van der Waals surface area contributed by atoms with Gasteiger partial charge in [0.05, 0.1) is 0 Å². The van der Waals surface area contributed by atoms with Crippen LogP contribution in [0, 0.1) is 12.7 Å². The van der Waals surface area contributed by atoms with Gasteiger partial charge in [0.15, 0.2) is 18.2 Å². The van der Waals surface area contributed by atoms with Crippen molar-refractivity contribution in [3.05, 3.63) is 29.6 Å². The SMILES string of the molecule is Cc1ccc(F)c(OCC(=O)N2CCCCC2CCC(=O)O)c1. The fourth-order valence-corrected chi connectivity index (χ4v) is 2.86. The first-order valence-corrected chi connectivity index (χ1v) is 7.87. The largest absolute Gasteiger partial charge is 0.481 e. The fourth-order valence-electron chi connectivity index (χ4n) is 2.86. The van der Waals surface area contributed by atoms with E-state index in [0.29, 0.717) is 13.0 Å². The lowest BCUT2D eigenvalue weighted by molar-refractivity contribution is -0.141. The summed E-state index contributed by atoms with van der Waals surface area (Å²) in [6.45, 7) is 2.19. The number of aliphatic carboxylic acids is 1. The Balaban J connectivity index is 1.94. The van der Waals surface area contributed by atoms with E-state index in [1.54, 1.807) is 17.0 Å². The van der Waals surface area contributed by atoms with Crippen LogP contribution in [-0.2, 0) is 9.59 Å². The van der Waals surface area contributed by atoms with Crippen molar-refractivity contribution in [1.82, 2.24) is 4.90 Å². The monoisotopic (exact) mass is 323 g/mol. The van der Waals surface area contributed by atoms with Crippen LogP contribution in [-0.4, -0.2) is 41.1 Å². The molecule has 1 aromatic carbocycles. The molecule has 0 bridgehead atoms. The smallest absolute Gasteiger partial charge is 0.303 e. The van der Waals surface area contributed by atoms with Crippen LogP contribution in [0.25, 0.3) is 0 Å². The summed E-state index contributed by atoms with van der Waals surface area (Å²) in [5, 5.41) is 8.81. The third kappa shape index (κ3) is 4.94. The van der Waals surface area contributed by atoms with E-state index in [9.17, 15) is 14.0 Å². The molecule has 23 heavy (non-hydrogen) atoms. The van der Waals surface area contributed by atoms with Crippen LogP contribution in [0.1, 0.15) is 37.7 Å². The van der Waals surface area contributed by atoms with Gasteiger partial charge in [0.1, 0.15) is 0 Å². The zero-order valence-corrected chi connectivity index (χ0v) is 13.3. The molecule has 1 aliphatic rings. The van der Waals surface area contributed by atoms with Gasteiger partial charge in [0, 0.05) is 19.0 Å². The highest BCUT2D eigenvalue weighted by Crippen LogP contribution is 2.22. The summed E-state index contributed by atoms with van der Waals surface area (Å²) < 4.78 is 19.0. The van der Waals surface area contributed by atoms with Gasteiger partial charge in [-0.2, -0.15) is 0 Å². The maximum Gasteiger partial charge on any atom is 0.303 e. The molecular formula is C17H22FNO4. The number of halogens is 1. The van der Waals surface area contributed by atoms with Gasteiger partial charge < -0.3 is 14.7 Å². The number of benzene rings is 1. The maximum absolute atomic E-state index is 13.6. The molecule has 0 saturated carbocycles. The van der Waals surface area contributed by atoms with Crippen LogP contribution in [0.5, 0.6) is 5.75 Å². The van der Waals surface area contributed by atoms with Gasteiger partial charge in [-0.1, -0.05) is 6.07 Å². The van der Waals surface area contributed by atoms with Gasteiger partial charge in [-0.25, -0.2) is 4.39 Å². The van der Waals surface area contributed by atoms with Gasteiger partial charge >= 0.3 is 5.97 Å². The number of amides is 1. The molecule has 1 N–H and O–H groups in total. The normalized spacial score (nSPS) is 17.8. The van der Waals surface area contributed by atoms with E-state index >= 15 is 0 Å². The third-order valence-corrected chi connectivity index (χ3v) is 4.08. The highest BCUT2D eigenvalue weighted by Gasteiger charge is 2.27. The summed E-state index contributed by atoms with van der Waals surface area (Å²) >= 11 is 0. The Morgan fingerprint density at radius 2 is 2.17 bits per heavy atom. The van der Waals surface area contributed by atoms with Crippen molar-refractivity contribution in [2.75, 3.05) is 13.2 Å². The molecule has 1 heterocycles. The number of carbonyl (C=O) groups is 2. The minimum atomic E-state index is -0.860. The lowest BCUT2D eigenvalue weighted by Gasteiger charge is -2.35. The number of hydrogen-bond acceptors (Lipinski definition) is 3.